The molecular formula is C15H17ClN4O2. The molecule has 0 saturated carbocycles. The molecule has 1 saturated heterocycles. The van der Waals surface area contributed by atoms with Crippen LogP contribution >= 0.6 is 11.6 Å². The maximum atomic E-state index is 11.5. The maximum Gasteiger partial charge on any atom is 0.360 e. The Hall–Kier alpha value is -2.08. The van der Waals surface area contributed by atoms with Crippen molar-refractivity contribution < 1.29 is 9.90 Å². The summed E-state index contributed by atoms with van der Waals surface area (Å²) in [5, 5.41) is 18.5. The van der Waals surface area contributed by atoms with Crippen molar-refractivity contribution in [3.05, 3.63) is 35.0 Å². The minimum Gasteiger partial charge on any atom is -0.476 e. The van der Waals surface area contributed by atoms with Gasteiger partial charge in [-0.2, -0.15) is 0 Å². The van der Waals surface area contributed by atoms with E-state index < -0.39 is 5.97 Å². The highest BCUT2D eigenvalue weighted by molar-refractivity contribution is 6.30. The van der Waals surface area contributed by atoms with Gasteiger partial charge in [0.1, 0.15) is 0 Å². The number of nitrogens with zero attached hydrogens (tertiary/aromatic N) is 4. The predicted molar refractivity (Wildman–Crippen MR) is 83.9 cm³/mol. The van der Waals surface area contributed by atoms with E-state index in [-0.39, 0.29) is 5.69 Å². The molecule has 0 atom stereocenters. The smallest absolute Gasteiger partial charge is 0.360 e. The summed E-state index contributed by atoms with van der Waals surface area (Å²) in [5.41, 5.74) is 0.626. The summed E-state index contributed by atoms with van der Waals surface area (Å²) in [5.74, 6) is 0.0220. The molecule has 0 radical (unpaired) electrons. The maximum absolute atomic E-state index is 11.5. The van der Waals surface area contributed by atoms with Gasteiger partial charge in [-0.1, -0.05) is 24.6 Å². The Labute approximate surface area is 133 Å². The Bertz CT molecular complexity index is 693. The van der Waals surface area contributed by atoms with Gasteiger partial charge in [0.2, 0.25) is 5.69 Å². The summed E-state index contributed by atoms with van der Waals surface area (Å²) in [4.78, 5) is 14.8. The molecule has 116 valence electrons. The van der Waals surface area contributed by atoms with Crippen LogP contribution in [0.25, 0.3) is 5.69 Å². The second-order valence-corrected chi connectivity index (χ2v) is 6.05. The van der Waals surface area contributed by atoms with Crippen molar-refractivity contribution in [3.63, 3.8) is 0 Å². The highest BCUT2D eigenvalue weighted by Crippen LogP contribution is 2.25. The molecule has 22 heavy (non-hydrogen) atoms. The SMILES string of the molecule is CC1CCN(c2nn(-c3cccc(Cl)c3)nc2C(=O)O)CC1. The Kier molecular flexibility index (Phi) is 4.02. The molecule has 1 aliphatic rings. The van der Waals surface area contributed by atoms with Gasteiger partial charge in [0.05, 0.1) is 5.69 Å². The van der Waals surface area contributed by atoms with Crippen LogP contribution < -0.4 is 4.90 Å². The fourth-order valence-corrected chi connectivity index (χ4v) is 2.77. The second-order valence-electron chi connectivity index (χ2n) is 5.62. The van der Waals surface area contributed by atoms with Crippen LogP contribution in [0, 0.1) is 5.92 Å². The van der Waals surface area contributed by atoms with Gasteiger partial charge in [0, 0.05) is 18.1 Å². The number of rotatable bonds is 3. The van der Waals surface area contributed by atoms with Gasteiger partial charge in [0.25, 0.3) is 0 Å². The zero-order chi connectivity index (χ0) is 15.7. The average Bonchev–Trinajstić information content (AvgIpc) is 2.93. The zero-order valence-electron chi connectivity index (χ0n) is 12.2. The lowest BCUT2D eigenvalue weighted by molar-refractivity contribution is 0.0690. The van der Waals surface area contributed by atoms with Crippen molar-refractivity contribution in [1.29, 1.82) is 0 Å². The molecule has 1 aliphatic heterocycles. The number of carbonyl (C=O) groups is 1. The molecule has 3 rings (SSSR count). The van der Waals surface area contributed by atoms with E-state index in [4.69, 9.17) is 11.6 Å². The van der Waals surface area contributed by atoms with Gasteiger partial charge < -0.3 is 10.0 Å². The Morgan fingerprint density at radius 1 is 1.32 bits per heavy atom. The van der Waals surface area contributed by atoms with Gasteiger partial charge >= 0.3 is 5.97 Å². The van der Waals surface area contributed by atoms with E-state index in [9.17, 15) is 9.90 Å². The lowest BCUT2D eigenvalue weighted by atomic mass is 9.99. The van der Waals surface area contributed by atoms with Crippen molar-refractivity contribution in [2.75, 3.05) is 18.0 Å². The number of aromatic carboxylic acids is 1. The summed E-state index contributed by atoms with van der Waals surface area (Å²) in [6.07, 6.45) is 2.06. The fourth-order valence-electron chi connectivity index (χ4n) is 2.59. The van der Waals surface area contributed by atoms with E-state index in [0.29, 0.717) is 22.4 Å². The minimum absolute atomic E-state index is 0.0190. The quantitative estimate of drug-likeness (QED) is 0.941. The third-order valence-electron chi connectivity index (χ3n) is 3.92. The molecule has 2 aromatic rings. The van der Waals surface area contributed by atoms with Crippen LogP contribution in [0.2, 0.25) is 5.02 Å². The van der Waals surface area contributed by atoms with Gasteiger partial charge in [-0.15, -0.1) is 15.0 Å². The molecule has 6 nitrogen and oxygen atoms in total. The summed E-state index contributed by atoms with van der Waals surface area (Å²) < 4.78 is 0. The Morgan fingerprint density at radius 2 is 2.05 bits per heavy atom. The van der Waals surface area contributed by atoms with Crippen LogP contribution in [0.1, 0.15) is 30.3 Å². The van der Waals surface area contributed by atoms with Crippen molar-refractivity contribution in [2.24, 2.45) is 5.92 Å². The van der Waals surface area contributed by atoms with Crippen LogP contribution in [0.4, 0.5) is 5.82 Å². The van der Waals surface area contributed by atoms with Gasteiger partial charge in [0.15, 0.2) is 5.82 Å². The van der Waals surface area contributed by atoms with Crippen LogP contribution in [-0.4, -0.2) is 39.2 Å². The molecule has 0 bridgehead atoms. The molecule has 2 heterocycles. The standard InChI is InChI=1S/C15H17ClN4O2/c1-10-5-7-19(8-6-10)14-13(15(21)22)17-20(18-14)12-4-2-3-11(16)9-12/h2-4,9-10H,5-8H2,1H3,(H,21,22). The first-order valence-electron chi connectivity index (χ1n) is 7.26. The Balaban J connectivity index is 1.97. The third-order valence-corrected chi connectivity index (χ3v) is 4.16. The molecule has 0 amide bonds. The highest BCUT2D eigenvalue weighted by atomic mass is 35.5. The average molecular weight is 321 g/mol. The number of aromatic nitrogens is 3. The number of piperidine rings is 1. The molecule has 1 fully saturated rings. The first kappa shape index (κ1) is 14.8. The van der Waals surface area contributed by atoms with Crippen LogP contribution in [0.5, 0.6) is 0 Å². The summed E-state index contributed by atoms with van der Waals surface area (Å²) in [6, 6.07) is 7.03. The minimum atomic E-state index is -1.07. The molecule has 1 aromatic carbocycles. The summed E-state index contributed by atoms with van der Waals surface area (Å²) >= 11 is 5.97. The number of halogens is 1. The van der Waals surface area contributed by atoms with E-state index in [1.165, 1.54) is 4.80 Å². The molecule has 7 heteroatoms. The van der Waals surface area contributed by atoms with E-state index in [1.54, 1.807) is 24.3 Å². The van der Waals surface area contributed by atoms with Gasteiger partial charge in [-0.3, -0.25) is 0 Å². The monoisotopic (exact) mass is 320 g/mol. The van der Waals surface area contributed by atoms with Crippen molar-refractivity contribution in [2.45, 2.75) is 19.8 Å². The summed E-state index contributed by atoms with van der Waals surface area (Å²) in [6.45, 7) is 3.81. The molecular weight excluding hydrogens is 304 g/mol. The van der Waals surface area contributed by atoms with Crippen molar-refractivity contribution in [3.8, 4) is 5.69 Å². The number of anilines is 1. The number of carboxylic acids is 1. The molecule has 0 aliphatic carbocycles. The molecule has 0 spiro atoms. The highest BCUT2D eigenvalue weighted by Gasteiger charge is 2.26. The predicted octanol–water partition coefficient (Wildman–Crippen LogP) is 2.86. The van der Waals surface area contributed by atoms with Crippen molar-refractivity contribution in [1.82, 2.24) is 15.0 Å². The second kappa shape index (κ2) is 5.96. The first-order valence-corrected chi connectivity index (χ1v) is 7.64. The number of hydrogen-bond donors (Lipinski definition) is 1. The van der Waals surface area contributed by atoms with Gasteiger partial charge in [-0.05, 0) is 37.0 Å². The van der Waals surface area contributed by atoms with E-state index >= 15 is 0 Å². The van der Waals surface area contributed by atoms with Gasteiger partial charge in [-0.25, -0.2) is 4.79 Å². The van der Waals surface area contributed by atoms with Crippen LogP contribution in [-0.2, 0) is 0 Å². The number of benzene rings is 1. The first-order chi connectivity index (χ1) is 10.5. The zero-order valence-corrected chi connectivity index (χ0v) is 13.0. The lowest BCUT2D eigenvalue weighted by Crippen LogP contribution is -2.34. The van der Waals surface area contributed by atoms with Crippen molar-refractivity contribution >= 4 is 23.4 Å². The lowest BCUT2D eigenvalue weighted by Gasteiger charge is -2.30. The van der Waals surface area contributed by atoms with Crippen LogP contribution in [0.15, 0.2) is 24.3 Å². The van der Waals surface area contributed by atoms with Crippen LogP contribution in [0.3, 0.4) is 0 Å². The number of hydrogen-bond acceptors (Lipinski definition) is 4. The normalized spacial score (nSPS) is 16.0. The molecule has 0 unspecified atom stereocenters. The molecule has 1 N–H and O–H groups in total. The molecule has 1 aromatic heterocycles. The van der Waals surface area contributed by atoms with E-state index in [0.717, 1.165) is 25.9 Å². The number of carboxylic acid groups (broad SMARTS) is 1. The van der Waals surface area contributed by atoms with E-state index in [1.807, 2.05) is 4.90 Å². The Morgan fingerprint density at radius 3 is 2.68 bits per heavy atom. The topological polar surface area (TPSA) is 71.2 Å². The fraction of sp³-hybridized carbons (Fsp3) is 0.400. The third kappa shape index (κ3) is 2.92. The largest absolute Gasteiger partial charge is 0.476 e. The van der Waals surface area contributed by atoms with E-state index in [2.05, 4.69) is 17.1 Å². The summed E-state index contributed by atoms with van der Waals surface area (Å²) in [7, 11) is 0.